The lowest BCUT2D eigenvalue weighted by Crippen LogP contribution is -2.06. The maximum atomic E-state index is 10.5. The Labute approximate surface area is 68.4 Å². The van der Waals surface area contributed by atoms with Gasteiger partial charge in [0, 0.05) is 5.57 Å². The number of carboxylic acid groups (broad SMARTS) is 1. The number of ether oxygens (including phenoxy) is 2. The number of fused-ring (bicyclic) bond motifs is 1. The quantitative estimate of drug-likeness (QED) is 0.625. The van der Waals surface area contributed by atoms with Crippen LogP contribution in [0.25, 0.3) is 0 Å². The fourth-order valence-electron chi connectivity index (χ4n) is 1.04. The molecule has 2 heterocycles. The average molecular weight is 166 g/mol. The lowest BCUT2D eigenvalue weighted by atomic mass is 10.2. The summed E-state index contributed by atoms with van der Waals surface area (Å²) in [7, 11) is 0. The van der Waals surface area contributed by atoms with Crippen LogP contribution in [-0.2, 0) is 14.3 Å². The van der Waals surface area contributed by atoms with E-state index < -0.39 is 5.97 Å². The molecule has 0 bridgehead atoms. The minimum Gasteiger partial charge on any atom is -0.486 e. The highest BCUT2D eigenvalue weighted by Gasteiger charge is 2.20. The van der Waals surface area contributed by atoms with Gasteiger partial charge in [0.25, 0.3) is 0 Å². The highest BCUT2D eigenvalue weighted by molar-refractivity contribution is 5.85. The van der Waals surface area contributed by atoms with Crippen LogP contribution in [0.1, 0.15) is 0 Å². The van der Waals surface area contributed by atoms with Gasteiger partial charge >= 0.3 is 5.97 Å². The van der Waals surface area contributed by atoms with Gasteiger partial charge in [-0.1, -0.05) is 0 Å². The van der Waals surface area contributed by atoms with Crippen LogP contribution >= 0.6 is 0 Å². The maximum absolute atomic E-state index is 10.5. The molecule has 1 N–H and O–H groups in total. The molecule has 0 fully saturated rings. The summed E-state index contributed by atoms with van der Waals surface area (Å²) in [5.74, 6) is -0.548. The molecule has 0 aromatic rings. The first kappa shape index (κ1) is 6.97. The van der Waals surface area contributed by atoms with Gasteiger partial charge in [0.05, 0.1) is 0 Å². The fraction of sp³-hybridized carbons (Fsp3) is 0.125. The molecule has 2 aliphatic rings. The first-order valence-electron chi connectivity index (χ1n) is 3.42. The molecule has 62 valence electrons. The van der Waals surface area contributed by atoms with Gasteiger partial charge in [-0.25, -0.2) is 4.79 Å². The van der Waals surface area contributed by atoms with Gasteiger partial charge in [0.2, 0.25) is 5.76 Å². The van der Waals surface area contributed by atoms with Crippen LogP contribution < -0.4 is 0 Å². The number of carboxylic acids is 1. The molecule has 0 saturated carbocycles. The molecule has 4 nitrogen and oxygen atoms in total. The standard InChI is InChI=1S/C8H6O4/c9-8(10)6-3-5-1-2-11-7(5)4-12-6/h1,3-4H,2H2,(H,9,10). The Hall–Kier alpha value is -1.71. The Bertz CT molecular complexity index is 322. The van der Waals surface area contributed by atoms with E-state index >= 15 is 0 Å². The van der Waals surface area contributed by atoms with Crippen LogP contribution in [0.2, 0.25) is 0 Å². The van der Waals surface area contributed by atoms with Gasteiger partial charge in [0.15, 0.2) is 5.76 Å². The van der Waals surface area contributed by atoms with Crippen molar-refractivity contribution < 1.29 is 19.4 Å². The summed E-state index contributed by atoms with van der Waals surface area (Å²) in [6, 6.07) is 0. The molecule has 0 atom stereocenters. The van der Waals surface area contributed by atoms with E-state index in [1.807, 2.05) is 0 Å². The van der Waals surface area contributed by atoms with E-state index in [2.05, 4.69) is 0 Å². The van der Waals surface area contributed by atoms with E-state index in [9.17, 15) is 4.79 Å². The fourth-order valence-corrected chi connectivity index (χ4v) is 1.04. The molecule has 2 aliphatic heterocycles. The first-order chi connectivity index (χ1) is 5.77. The number of rotatable bonds is 1. The number of hydrogen-bond acceptors (Lipinski definition) is 3. The topological polar surface area (TPSA) is 55.8 Å². The Morgan fingerprint density at radius 1 is 1.58 bits per heavy atom. The van der Waals surface area contributed by atoms with Gasteiger partial charge in [-0.05, 0) is 12.2 Å². The predicted octanol–water partition coefficient (Wildman–Crippen LogP) is 0.783. The molecular formula is C8H6O4. The molecule has 0 aromatic carbocycles. The molecule has 4 heteroatoms. The number of carbonyl (C=O) groups is 1. The summed E-state index contributed by atoms with van der Waals surface area (Å²) in [5, 5.41) is 8.57. The van der Waals surface area contributed by atoms with Crippen molar-refractivity contribution in [2.24, 2.45) is 0 Å². The van der Waals surface area contributed by atoms with Crippen molar-refractivity contribution >= 4 is 5.97 Å². The van der Waals surface area contributed by atoms with Crippen LogP contribution in [-0.4, -0.2) is 17.7 Å². The molecule has 0 amide bonds. The van der Waals surface area contributed by atoms with Gasteiger partial charge in [-0.2, -0.15) is 0 Å². The Morgan fingerprint density at radius 3 is 3.17 bits per heavy atom. The second kappa shape index (κ2) is 2.41. The molecule has 0 unspecified atom stereocenters. The number of aliphatic carboxylic acids is 1. The van der Waals surface area contributed by atoms with E-state index in [0.29, 0.717) is 12.4 Å². The zero-order chi connectivity index (χ0) is 8.55. The summed E-state index contributed by atoms with van der Waals surface area (Å²) in [4.78, 5) is 10.5. The Morgan fingerprint density at radius 2 is 2.42 bits per heavy atom. The Balaban J connectivity index is 2.30. The molecule has 0 spiro atoms. The van der Waals surface area contributed by atoms with Crippen LogP contribution in [0, 0.1) is 0 Å². The van der Waals surface area contributed by atoms with Crippen molar-refractivity contribution in [3.8, 4) is 0 Å². The van der Waals surface area contributed by atoms with Gasteiger partial charge in [-0.3, -0.25) is 0 Å². The number of hydrogen-bond donors (Lipinski definition) is 1. The monoisotopic (exact) mass is 166 g/mol. The first-order valence-corrected chi connectivity index (χ1v) is 3.42. The zero-order valence-corrected chi connectivity index (χ0v) is 6.11. The minimum absolute atomic E-state index is 0.0736. The van der Waals surface area contributed by atoms with Gasteiger partial charge in [-0.15, -0.1) is 0 Å². The summed E-state index contributed by atoms with van der Waals surface area (Å²) in [6.07, 6.45) is 4.56. The van der Waals surface area contributed by atoms with E-state index in [0.717, 1.165) is 5.57 Å². The van der Waals surface area contributed by atoms with Crippen molar-refractivity contribution in [3.63, 3.8) is 0 Å². The maximum Gasteiger partial charge on any atom is 0.371 e. The smallest absolute Gasteiger partial charge is 0.371 e. The largest absolute Gasteiger partial charge is 0.486 e. The third-order valence-electron chi connectivity index (χ3n) is 1.62. The SMILES string of the molecule is O=C(O)C1=CC2=CCOC2=CO1. The highest BCUT2D eigenvalue weighted by Crippen LogP contribution is 2.25. The summed E-state index contributed by atoms with van der Waals surface area (Å²) in [6.45, 7) is 0.480. The predicted molar refractivity (Wildman–Crippen MR) is 38.9 cm³/mol. The van der Waals surface area contributed by atoms with Crippen molar-refractivity contribution in [1.29, 1.82) is 0 Å². The minimum atomic E-state index is -1.07. The summed E-state index contributed by atoms with van der Waals surface area (Å²) in [5.41, 5.74) is 0.777. The highest BCUT2D eigenvalue weighted by atomic mass is 16.5. The Kier molecular flexibility index (Phi) is 1.40. The van der Waals surface area contributed by atoms with Crippen LogP contribution in [0.4, 0.5) is 0 Å². The van der Waals surface area contributed by atoms with Crippen molar-refractivity contribution in [2.75, 3.05) is 6.61 Å². The second-order valence-electron chi connectivity index (χ2n) is 2.38. The van der Waals surface area contributed by atoms with Gasteiger partial charge < -0.3 is 14.6 Å². The number of allylic oxidation sites excluding steroid dienone is 1. The average Bonchev–Trinajstić information content (AvgIpc) is 2.49. The molecule has 2 rings (SSSR count). The molecule has 0 aliphatic carbocycles. The van der Waals surface area contributed by atoms with E-state index in [1.54, 1.807) is 6.08 Å². The van der Waals surface area contributed by atoms with Gasteiger partial charge in [0.1, 0.15) is 12.9 Å². The lowest BCUT2D eigenvalue weighted by molar-refractivity contribution is -0.135. The molecule has 0 radical (unpaired) electrons. The van der Waals surface area contributed by atoms with E-state index in [-0.39, 0.29) is 5.76 Å². The molecule has 12 heavy (non-hydrogen) atoms. The van der Waals surface area contributed by atoms with Crippen LogP contribution in [0.5, 0.6) is 0 Å². The van der Waals surface area contributed by atoms with Crippen LogP contribution in [0.3, 0.4) is 0 Å². The molecular weight excluding hydrogens is 160 g/mol. The normalized spacial score (nSPS) is 19.5. The molecule has 0 saturated heterocycles. The third-order valence-corrected chi connectivity index (χ3v) is 1.62. The van der Waals surface area contributed by atoms with Crippen molar-refractivity contribution in [2.45, 2.75) is 0 Å². The van der Waals surface area contributed by atoms with E-state index in [1.165, 1.54) is 12.3 Å². The third kappa shape index (κ3) is 0.972. The molecule has 0 aromatic heterocycles. The lowest BCUT2D eigenvalue weighted by Gasteiger charge is -2.09. The second-order valence-corrected chi connectivity index (χ2v) is 2.38. The summed E-state index contributed by atoms with van der Waals surface area (Å²) >= 11 is 0. The van der Waals surface area contributed by atoms with Crippen LogP contribution in [0.15, 0.2) is 35.5 Å². The zero-order valence-electron chi connectivity index (χ0n) is 6.11. The van der Waals surface area contributed by atoms with Crippen molar-refractivity contribution in [1.82, 2.24) is 0 Å². The van der Waals surface area contributed by atoms with E-state index in [4.69, 9.17) is 14.6 Å². The van der Waals surface area contributed by atoms with Crippen molar-refractivity contribution in [3.05, 3.63) is 35.5 Å². The summed E-state index contributed by atoms with van der Waals surface area (Å²) < 4.78 is 9.88.